The van der Waals surface area contributed by atoms with Gasteiger partial charge in [-0.15, -0.1) is 0 Å². The van der Waals surface area contributed by atoms with Gasteiger partial charge in [0.1, 0.15) is 11.0 Å². The van der Waals surface area contributed by atoms with Crippen molar-refractivity contribution < 1.29 is 21.6 Å². The van der Waals surface area contributed by atoms with Crippen LogP contribution in [0.5, 0.6) is 0 Å². The van der Waals surface area contributed by atoms with Crippen LogP contribution in [0, 0.1) is 0 Å². The third-order valence-corrected chi connectivity index (χ3v) is 7.18. The van der Waals surface area contributed by atoms with Gasteiger partial charge in [-0.1, -0.05) is 23.2 Å². The number of nitrogens with zero attached hydrogens (tertiary/aromatic N) is 4. The second-order valence-corrected chi connectivity index (χ2v) is 9.11. The molecule has 0 atom stereocenters. The Morgan fingerprint density at radius 1 is 1.14 bits per heavy atom. The van der Waals surface area contributed by atoms with Crippen molar-refractivity contribution in [3.63, 3.8) is 0 Å². The first-order valence-electron chi connectivity index (χ1n) is 8.25. The summed E-state index contributed by atoms with van der Waals surface area (Å²) >= 11 is 11.5. The van der Waals surface area contributed by atoms with Crippen LogP contribution in [-0.2, 0) is 29.8 Å². The number of aromatic nitrogens is 2. The first kappa shape index (κ1) is 21.4. The lowest BCUT2D eigenvalue weighted by atomic mass is 10.2. The van der Waals surface area contributed by atoms with Gasteiger partial charge in [-0.25, -0.2) is 13.4 Å². The fourth-order valence-electron chi connectivity index (χ4n) is 2.93. The van der Waals surface area contributed by atoms with Gasteiger partial charge in [0.15, 0.2) is 0 Å². The molecule has 28 heavy (non-hydrogen) atoms. The standard InChI is InChI=1S/C16H17Cl2F3N4O2S/c1-23-14(18)9-22-15(23)10-24-4-6-25(7-5-24)28(26,27)11-2-3-13(17)12(8-11)16(19,20)21/h2-3,8-9H,4-7,10H2,1H3. The van der Waals surface area contributed by atoms with Crippen LogP contribution in [-0.4, -0.2) is 53.4 Å². The molecule has 2 aromatic rings. The lowest BCUT2D eigenvalue weighted by Gasteiger charge is -2.33. The fourth-order valence-corrected chi connectivity index (χ4v) is 4.75. The van der Waals surface area contributed by atoms with E-state index >= 15 is 0 Å². The van der Waals surface area contributed by atoms with E-state index in [1.54, 1.807) is 11.6 Å². The monoisotopic (exact) mass is 456 g/mol. The van der Waals surface area contributed by atoms with Crippen LogP contribution in [0.15, 0.2) is 29.3 Å². The first-order chi connectivity index (χ1) is 13.0. The Hall–Kier alpha value is -1.33. The molecule has 0 unspecified atom stereocenters. The molecule has 1 aliphatic rings. The minimum Gasteiger partial charge on any atom is -0.321 e. The van der Waals surface area contributed by atoms with E-state index in [4.69, 9.17) is 23.2 Å². The van der Waals surface area contributed by atoms with Crippen molar-refractivity contribution in [2.75, 3.05) is 26.2 Å². The van der Waals surface area contributed by atoms with Gasteiger partial charge in [0.2, 0.25) is 10.0 Å². The fraction of sp³-hybridized carbons (Fsp3) is 0.438. The Balaban J connectivity index is 1.72. The average Bonchev–Trinajstić information content (AvgIpc) is 2.93. The number of sulfonamides is 1. The number of imidazole rings is 1. The summed E-state index contributed by atoms with van der Waals surface area (Å²) in [5.41, 5.74) is -1.17. The summed E-state index contributed by atoms with van der Waals surface area (Å²) in [6.45, 7) is 1.65. The van der Waals surface area contributed by atoms with Crippen LogP contribution < -0.4 is 0 Å². The Bertz CT molecular complexity index is 971. The van der Waals surface area contributed by atoms with Crippen molar-refractivity contribution in [3.05, 3.63) is 46.0 Å². The third-order valence-electron chi connectivity index (χ3n) is 4.60. The second-order valence-electron chi connectivity index (χ2n) is 6.38. The second kappa shape index (κ2) is 7.83. The Labute approximate surface area is 170 Å². The number of hydrogen-bond acceptors (Lipinski definition) is 4. The normalized spacial score (nSPS) is 17.2. The molecule has 6 nitrogen and oxygen atoms in total. The van der Waals surface area contributed by atoms with Crippen LogP contribution in [0.4, 0.5) is 13.2 Å². The minimum absolute atomic E-state index is 0.157. The number of alkyl halides is 3. The molecule has 1 aromatic heterocycles. The highest BCUT2D eigenvalue weighted by Crippen LogP contribution is 2.36. The Morgan fingerprint density at radius 2 is 1.79 bits per heavy atom. The number of rotatable bonds is 4. The molecule has 154 valence electrons. The largest absolute Gasteiger partial charge is 0.417 e. The predicted octanol–water partition coefficient (Wildman–Crippen LogP) is 3.25. The molecule has 1 fully saturated rings. The Morgan fingerprint density at radius 3 is 2.32 bits per heavy atom. The molecule has 1 saturated heterocycles. The molecule has 0 radical (unpaired) electrons. The predicted molar refractivity (Wildman–Crippen MR) is 98.7 cm³/mol. The maximum atomic E-state index is 13.0. The summed E-state index contributed by atoms with van der Waals surface area (Å²) < 4.78 is 67.5. The molecule has 0 aliphatic carbocycles. The van der Waals surface area contributed by atoms with E-state index in [0.717, 1.165) is 18.0 Å². The molecule has 0 amide bonds. The molecule has 12 heteroatoms. The summed E-state index contributed by atoms with van der Waals surface area (Å²) in [6, 6.07) is 2.63. The maximum absolute atomic E-state index is 13.0. The van der Waals surface area contributed by atoms with Crippen molar-refractivity contribution in [2.45, 2.75) is 17.6 Å². The molecule has 0 spiro atoms. The summed E-state index contributed by atoms with van der Waals surface area (Å²) in [5.74, 6) is 0.744. The maximum Gasteiger partial charge on any atom is 0.417 e. The van der Waals surface area contributed by atoms with Crippen molar-refractivity contribution >= 4 is 33.2 Å². The summed E-state index contributed by atoms with van der Waals surface area (Å²) in [5, 5.41) is -0.0376. The molecule has 2 heterocycles. The number of piperazine rings is 1. The number of halogens is 5. The molecule has 0 bridgehead atoms. The number of benzene rings is 1. The van der Waals surface area contributed by atoms with Gasteiger partial charge < -0.3 is 4.57 Å². The van der Waals surface area contributed by atoms with Gasteiger partial charge in [-0.3, -0.25) is 4.90 Å². The molecule has 0 N–H and O–H groups in total. The highest BCUT2D eigenvalue weighted by molar-refractivity contribution is 7.89. The molecule has 1 aromatic carbocycles. The van der Waals surface area contributed by atoms with E-state index in [1.807, 2.05) is 4.90 Å². The first-order valence-corrected chi connectivity index (χ1v) is 10.4. The zero-order valence-corrected chi connectivity index (χ0v) is 17.1. The molecule has 0 saturated carbocycles. The molecular weight excluding hydrogens is 440 g/mol. The van der Waals surface area contributed by atoms with Gasteiger partial charge in [0.25, 0.3) is 0 Å². The van der Waals surface area contributed by atoms with Crippen molar-refractivity contribution in [1.82, 2.24) is 18.8 Å². The minimum atomic E-state index is -4.73. The van der Waals surface area contributed by atoms with E-state index in [2.05, 4.69) is 4.98 Å². The third kappa shape index (κ3) is 4.30. The smallest absolute Gasteiger partial charge is 0.321 e. The van der Waals surface area contributed by atoms with Crippen LogP contribution in [0.2, 0.25) is 10.2 Å². The molecule has 1 aliphatic heterocycles. The van der Waals surface area contributed by atoms with Gasteiger partial charge in [-0.2, -0.15) is 17.5 Å². The highest BCUT2D eigenvalue weighted by atomic mass is 35.5. The van der Waals surface area contributed by atoms with Gasteiger partial charge in [0, 0.05) is 33.2 Å². The van der Waals surface area contributed by atoms with Gasteiger partial charge in [-0.05, 0) is 18.2 Å². The van der Waals surface area contributed by atoms with E-state index in [-0.39, 0.29) is 13.1 Å². The lowest BCUT2D eigenvalue weighted by Crippen LogP contribution is -2.48. The van der Waals surface area contributed by atoms with E-state index in [1.165, 1.54) is 10.5 Å². The van der Waals surface area contributed by atoms with Gasteiger partial charge >= 0.3 is 6.18 Å². The van der Waals surface area contributed by atoms with E-state index < -0.39 is 31.7 Å². The quantitative estimate of drug-likeness (QED) is 0.708. The van der Waals surface area contributed by atoms with Crippen LogP contribution >= 0.6 is 23.2 Å². The van der Waals surface area contributed by atoms with Crippen LogP contribution in [0.3, 0.4) is 0 Å². The molecule has 3 rings (SSSR count). The topological polar surface area (TPSA) is 58.4 Å². The van der Waals surface area contributed by atoms with Crippen molar-refractivity contribution in [1.29, 1.82) is 0 Å². The van der Waals surface area contributed by atoms with Crippen LogP contribution in [0.1, 0.15) is 11.4 Å². The SMILES string of the molecule is Cn1c(Cl)cnc1CN1CCN(S(=O)(=O)c2ccc(Cl)c(C(F)(F)F)c2)CC1. The van der Waals surface area contributed by atoms with Crippen molar-refractivity contribution in [2.24, 2.45) is 7.05 Å². The number of hydrogen-bond donors (Lipinski definition) is 0. The van der Waals surface area contributed by atoms with E-state index in [0.29, 0.717) is 30.9 Å². The summed E-state index contributed by atoms with van der Waals surface area (Å²) in [7, 11) is -2.27. The zero-order chi connectivity index (χ0) is 20.7. The highest BCUT2D eigenvalue weighted by Gasteiger charge is 2.36. The van der Waals surface area contributed by atoms with Gasteiger partial charge in [0.05, 0.1) is 28.2 Å². The lowest BCUT2D eigenvalue weighted by molar-refractivity contribution is -0.137. The van der Waals surface area contributed by atoms with Crippen molar-refractivity contribution in [3.8, 4) is 0 Å². The van der Waals surface area contributed by atoms with E-state index in [9.17, 15) is 21.6 Å². The van der Waals surface area contributed by atoms with Crippen LogP contribution in [0.25, 0.3) is 0 Å². The summed E-state index contributed by atoms with van der Waals surface area (Å²) in [6.07, 6.45) is -3.19. The Kier molecular flexibility index (Phi) is 5.98. The zero-order valence-electron chi connectivity index (χ0n) is 14.7. The summed E-state index contributed by atoms with van der Waals surface area (Å²) in [4.78, 5) is 5.79. The average molecular weight is 457 g/mol. The molecular formula is C16H17Cl2F3N4O2S.